The van der Waals surface area contributed by atoms with E-state index in [2.05, 4.69) is 0 Å². The number of ether oxygens (including phenoxy) is 3. The fraction of sp³-hybridized carbons (Fsp3) is 0.333. The summed E-state index contributed by atoms with van der Waals surface area (Å²) in [5, 5.41) is 0. The van der Waals surface area contributed by atoms with Gasteiger partial charge in [0, 0.05) is 13.6 Å². The number of methoxy groups -OCH3 is 1. The van der Waals surface area contributed by atoms with Crippen molar-refractivity contribution in [3.63, 3.8) is 0 Å². The van der Waals surface area contributed by atoms with Crippen molar-refractivity contribution in [1.29, 1.82) is 0 Å². The van der Waals surface area contributed by atoms with Crippen molar-refractivity contribution in [1.82, 2.24) is 4.31 Å². The molecule has 0 radical (unpaired) electrons. The lowest BCUT2D eigenvalue weighted by molar-refractivity contribution is 0.286. The fourth-order valence-electron chi connectivity index (χ4n) is 2.14. The van der Waals surface area contributed by atoms with Gasteiger partial charge in [0.1, 0.15) is 23.9 Å². The second kappa shape index (κ2) is 8.73. The van der Waals surface area contributed by atoms with Crippen LogP contribution in [0.4, 0.5) is 0 Å². The van der Waals surface area contributed by atoms with E-state index in [4.69, 9.17) is 14.2 Å². The van der Waals surface area contributed by atoms with Gasteiger partial charge in [0.05, 0.1) is 18.6 Å². The van der Waals surface area contributed by atoms with Gasteiger partial charge in [-0.25, -0.2) is 8.42 Å². The first kappa shape index (κ1) is 19.1. The van der Waals surface area contributed by atoms with Crippen LogP contribution in [0.5, 0.6) is 17.2 Å². The van der Waals surface area contributed by atoms with Crippen LogP contribution in [0.15, 0.2) is 53.4 Å². The molecule has 0 aromatic heterocycles. The summed E-state index contributed by atoms with van der Waals surface area (Å²) in [7, 11) is -0.433. The highest BCUT2D eigenvalue weighted by Crippen LogP contribution is 2.19. The van der Waals surface area contributed by atoms with Crippen LogP contribution < -0.4 is 14.2 Å². The van der Waals surface area contributed by atoms with Crippen molar-refractivity contribution in [3.05, 3.63) is 48.5 Å². The minimum absolute atomic E-state index is 0.225. The third-order valence-electron chi connectivity index (χ3n) is 3.58. The van der Waals surface area contributed by atoms with Crippen LogP contribution >= 0.6 is 0 Å². The molecule has 6 nitrogen and oxygen atoms in total. The maximum atomic E-state index is 12.5. The maximum Gasteiger partial charge on any atom is 0.242 e. The summed E-state index contributed by atoms with van der Waals surface area (Å²) in [5.41, 5.74) is 0. The average molecular weight is 365 g/mol. The Morgan fingerprint density at radius 2 is 1.40 bits per heavy atom. The normalized spacial score (nSPS) is 11.4. The third kappa shape index (κ3) is 5.11. The van der Waals surface area contributed by atoms with Crippen molar-refractivity contribution in [2.75, 3.05) is 33.9 Å². The molecule has 0 saturated heterocycles. The minimum Gasteiger partial charge on any atom is -0.497 e. The standard InChI is InChI=1S/C18H23NO5S/c1-4-23-16-9-11-18(12-10-16)25(20,21)19(2)13-14-24-17-7-5-15(22-3)6-8-17/h5-12H,4,13-14H2,1-3H3. The lowest BCUT2D eigenvalue weighted by Crippen LogP contribution is -2.31. The van der Waals surface area contributed by atoms with E-state index in [0.717, 1.165) is 5.75 Å². The van der Waals surface area contributed by atoms with Crippen molar-refractivity contribution in [2.45, 2.75) is 11.8 Å². The number of hydrogen-bond acceptors (Lipinski definition) is 5. The zero-order valence-corrected chi connectivity index (χ0v) is 15.5. The largest absolute Gasteiger partial charge is 0.497 e. The first-order valence-electron chi connectivity index (χ1n) is 7.93. The first-order valence-corrected chi connectivity index (χ1v) is 9.37. The molecule has 25 heavy (non-hydrogen) atoms. The molecule has 0 fully saturated rings. The Balaban J connectivity index is 1.92. The second-order valence-electron chi connectivity index (χ2n) is 5.25. The van der Waals surface area contributed by atoms with Gasteiger partial charge in [-0.15, -0.1) is 0 Å². The number of rotatable bonds is 9. The summed E-state index contributed by atoms with van der Waals surface area (Å²) in [5.74, 6) is 2.04. The zero-order valence-electron chi connectivity index (χ0n) is 14.6. The molecule has 2 aromatic carbocycles. The molecule has 0 aliphatic rings. The number of benzene rings is 2. The van der Waals surface area contributed by atoms with E-state index in [-0.39, 0.29) is 18.0 Å². The van der Waals surface area contributed by atoms with E-state index >= 15 is 0 Å². The summed E-state index contributed by atoms with van der Waals surface area (Å²) >= 11 is 0. The number of hydrogen-bond donors (Lipinski definition) is 0. The number of likely N-dealkylation sites (N-methyl/N-ethyl adjacent to an activating group) is 1. The lowest BCUT2D eigenvalue weighted by Gasteiger charge is -2.18. The van der Waals surface area contributed by atoms with E-state index in [9.17, 15) is 8.42 Å². The maximum absolute atomic E-state index is 12.5. The average Bonchev–Trinajstić information content (AvgIpc) is 2.63. The highest BCUT2D eigenvalue weighted by atomic mass is 32.2. The van der Waals surface area contributed by atoms with Crippen molar-refractivity contribution in [2.24, 2.45) is 0 Å². The molecule has 136 valence electrons. The van der Waals surface area contributed by atoms with Gasteiger partial charge in [0.25, 0.3) is 0 Å². The van der Waals surface area contributed by atoms with Crippen LogP contribution in [-0.4, -0.2) is 46.6 Å². The Labute approximate surface area is 149 Å². The SMILES string of the molecule is CCOc1ccc(S(=O)(=O)N(C)CCOc2ccc(OC)cc2)cc1. The van der Waals surface area contributed by atoms with Crippen LogP contribution in [-0.2, 0) is 10.0 Å². The van der Waals surface area contributed by atoms with E-state index in [1.54, 1.807) is 55.6 Å². The van der Waals surface area contributed by atoms with Crippen molar-refractivity contribution in [3.8, 4) is 17.2 Å². The molecular weight excluding hydrogens is 342 g/mol. The Kier molecular flexibility index (Phi) is 6.66. The van der Waals surface area contributed by atoms with Gasteiger partial charge < -0.3 is 14.2 Å². The van der Waals surface area contributed by atoms with Gasteiger partial charge in [-0.3, -0.25) is 0 Å². The van der Waals surface area contributed by atoms with E-state index in [1.807, 2.05) is 6.92 Å². The molecular formula is C18H23NO5S. The van der Waals surface area contributed by atoms with Gasteiger partial charge >= 0.3 is 0 Å². The molecule has 7 heteroatoms. The fourth-order valence-corrected chi connectivity index (χ4v) is 3.29. The molecule has 0 spiro atoms. The predicted octanol–water partition coefficient (Wildman–Crippen LogP) is 2.79. The quantitative estimate of drug-likeness (QED) is 0.684. The first-order chi connectivity index (χ1) is 12.0. The van der Waals surface area contributed by atoms with Gasteiger partial charge in [-0.1, -0.05) is 0 Å². The molecule has 0 heterocycles. The molecule has 0 saturated carbocycles. The summed E-state index contributed by atoms with van der Waals surface area (Å²) in [6.07, 6.45) is 0. The minimum atomic E-state index is -3.56. The van der Waals surface area contributed by atoms with Gasteiger partial charge in [-0.2, -0.15) is 4.31 Å². The molecule has 2 aromatic rings. The van der Waals surface area contributed by atoms with E-state index < -0.39 is 10.0 Å². The van der Waals surface area contributed by atoms with E-state index in [0.29, 0.717) is 18.1 Å². The molecule has 0 atom stereocenters. The number of sulfonamides is 1. The van der Waals surface area contributed by atoms with Crippen molar-refractivity contribution >= 4 is 10.0 Å². The Bertz CT molecular complexity index is 757. The summed E-state index contributed by atoms with van der Waals surface area (Å²) in [6, 6.07) is 13.5. The van der Waals surface area contributed by atoms with Gasteiger partial charge in [0.2, 0.25) is 10.0 Å². The molecule has 2 rings (SSSR count). The van der Waals surface area contributed by atoms with Crippen LogP contribution in [0.1, 0.15) is 6.92 Å². The van der Waals surface area contributed by atoms with Crippen LogP contribution in [0.25, 0.3) is 0 Å². The predicted molar refractivity (Wildman–Crippen MR) is 95.9 cm³/mol. The molecule has 0 N–H and O–H groups in total. The summed E-state index contributed by atoms with van der Waals surface area (Å²) in [6.45, 7) is 2.90. The molecule has 0 bridgehead atoms. The van der Waals surface area contributed by atoms with Crippen molar-refractivity contribution < 1.29 is 22.6 Å². The van der Waals surface area contributed by atoms with Crippen LogP contribution in [0.3, 0.4) is 0 Å². The summed E-state index contributed by atoms with van der Waals surface area (Å²) in [4.78, 5) is 0.225. The topological polar surface area (TPSA) is 65.1 Å². The molecule has 0 amide bonds. The Hall–Kier alpha value is -2.25. The van der Waals surface area contributed by atoms with Crippen LogP contribution in [0, 0.1) is 0 Å². The monoisotopic (exact) mass is 365 g/mol. The van der Waals surface area contributed by atoms with E-state index in [1.165, 1.54) is 11.4 Å². The Morgan fingerprint density at radius 1 is 0.880 bits per heavy atom. The molecule has 0 aliphatic carbocycles. The zero-order chi connectivity index (χ0) is 18.3. The second-order valence-corrected chi connectivity index (χ2v) is 7.30. The van der Waals surface area contributed by atoms with Gasteiger partial charge in [0.15, 0.2) is 0 Å². The molecule has 0 unspecified atom stereocenters. The summed E-state index contributed by atoms with van der Waals surface area (Å²) < 4.78 is 42.3. The highest BCUT2D eigenvalue weighted by molar-refractivity contribution is 7.89. The highest BCUT2D eigenvalue weighted by Gasteiger charge is 2.20. The molecule has 0 aliphatic heterocycles. The van der Waals surface area contributed by atoms with Gasteiger partial charge in [-0.05, 0) is 55.5 Å². The Morgan fingerprint density at radius 3 is 1.96 bits per heavy atom. The lowest BCUT2D eigenvalue weighted by atomic mass is 10.3. The van der Waals surface area contributed by atoms with Crippen LogP contribution in [0.2, 0.25) is 0 Å². The smallest absolute Gasteiger partial charge is 0.242 e. The third-order valence-corrected chi connectivity index (χ3v) is 5.45. The number of nitrogens with zero attached hydrogens (tertiary/aromatic N) is 1.